The molecule has 2 N–H and O–H groups in total. The minimum atomic E-state index is -0.0171. The third-order valence-corrected chi connectivity index (χ3v) is 4.04. The zero-order valence-corrected chi connectivity index (χ0v) is 11.7. The molecule has 1 aliphatic carbocycles. The zero-order valence-electron chi connectivity index (χ0n) is 10.9. The van der Waals surface area contributed by atoms with E-state index in [1.165, 1.54) is 11.3 Å². The van der Waals surface area contributed by atoms with Crippen LogP contribution in [0.4, 0.5) is 5.13 Å². The number of aromatic amines is 1. The van der Waals surface area contributed by atoms with E-state index in [2.05, 4.69) is 25.5 Å². The standard InChI is InChI=1S/C12H15N5OS/c1-6-13-9-4-3-8(5-10(9)14-6)11(18)15-12-17-16-7(2)19-12/h8H,3-5H2,1-2H3,(H,13,14)(H,15,17,18). The second-order valence-electron chi connectivity index (χ2n) is 4.80. The van der Waals surface area contributed by atoms with Crippen molar-refractivity contribution in [2.75, 3.05) is 5.32 Å². The molecular weight excluding hydrogens is 262 g/mol. The molecule has 1 unspecified atom stereocenters. The van der Waals surface area contributed by atoms with Gasteiger partial charge in [-0.05, 0) is 26.7 Å². The molecule has 2 heterocycles. The fraction of sp³-hybridized carbons (Fsp3) is 0.500. The highest BCUT2D eigenvalue weighted by Gasteiger charge is 2.27. The molecule has 0 bridgehead atoms. The van der Waals surface area contributed by atoms with E-state index in [1.54, 1.807) is 0 Å². The highest BCUT2D eigenvalue weighted by Crippen LogP contribution is 2.25. The number of nitrogens with one attached hydrogen (secondary N) is 2. The van der Waals surface area contributed by atoms with Crippen molar-refractivity contribution in [3.8, 4) is 0 Å². The average molecular weight is 277 g/mol. The number of carbonyl (C=O) groups is 1. The van der Waals surface area contributed by atoms with Crippen LogP contribution in [0.15, 0.2) is 0 Å². The van der Waals surface area contributed by atoms with Crippen molar-refractivity contribution < 1.29 is 4.79 Å². The van der Waals surface area contributed by atoms with Crippen LogP contribution in [0.3, 0.4) is 0 Å². The predicted octanol–water partition coefficient (Wildman–Crippen LogP) is 1.62. The summed E-state index contributed by atoms with van der Waals surface area (Å²) in [6, 6.07) is 0. The highest BCUT2D eigenvalue weighted by atomic mass is 32.1. The Morgan fingerprint density at radius 2 is 2.26 bits per heavy atom. The van der Waals surface area contributed by atoms with E-state index >= 15 is 0 Å². The molecule has 7 heteroatoms. The molecule has 1 atom stereocenters. The van der Waals surface area contributed by atoms with Gasteiger partial charge in [0.05, 0.1) is 5.69 Å². The number of hydrogen-bond acceptors (Lipinski definition) is 5. The molecule has 6 nitrogen and oxygen atoms in total. The van der Waals surface area contributed by atoms with E-state index in [4.69, 9.17) is 0 Å². The van der Waals surface area contributed by atoms with Crippen LogP contribution in [0.1, 0.15) is 28.6 Å². The van der Waals surface area contributed by atoms with Crippen LogP contribution in [0.25, 0.3) is 0 Å². The second kappa shape index (κ2) is 4.73. The van der Waals surface area contributed by atoms with Gasteiger partial charge in [0, 0.05) is 18.0 Å². The van der Waals surface area contributed by atoms with Gasteiger partial charge in [0.2, 0.25) is 11.0 Å². The van der Waals surface area contributed by atoms with Crippen LogP contribution in [0, 0.1) is 19.8 Å². The first-order chi connectivity index (χ1) is 9.11. The minimum Gasteiger partial charge on any atom is -0.346 e. The summed E-state index contributed by atoms with van der Waals surface area (Å²) < 4.78 is 0. The van der Waals surface area contributed by atoms with Gasteiger partial charge in [-0.2, -0.15) is 0 Å². The van der Waals surface area contributed by atoms with Crippen molar-refractivity contribution in [2.45, 2.75) is 33.1 Å². The number of aryl methyl sites for hydroxylation is 3. The van der Waals surface area contributed by atoms with E-state index in [0.29, 0.717) is 5.13 Å². The summed E-state index contributed by atoms with van der Waals surface area (Å²) in [5.41, 5.74) is 2.20. The topological polar surface area (TPSA) is 83.6 Å². The quantitative estimate of drug-likeness (QED) is 0.873. The summed E-state index contributed by atoms with van der Waals surface area (Å²) in [4.78, 5) is 19.8. The van der Waals surface area contributed by atoms with Crippen molar-refractivity contribution in [1.29, 1.82) is 0 Å². The number of anilines is 1. The maximum Gasteiger partial charge on any atom is 0.229 e. The third-order valence-electron chi connectivity index (χ3n) is 3.29. The first-order valence-corrected chi connectivity index (χ1v) is 7.09. The summed E-state index contributed by atoms with van der Waals surface area (Å²) in [7, 11) is 0. The minimum absolute atomic E-state index is 0.0171. The summed E-state index contributed by atoms with van der Waals surface area (Å²) in [6.07, 6.45) is 2.41. The second-order valence-corrected chi connectivity index (χ2v) is 5.98. The van der Waals surface area contributed by atoms with Crippen LogP contribution in [0.5, 0.6) is 0 Å². The van der Waals surface area contributed by atoms with E-state index in [1.807, 2.05) is 13.8 Å². The number of hydrogen-bond donors (Lipinski definition) is 2. The molecule has 0 spiro atoms. The molecule has 2 aromatic rings. The first kappa shape index (κ1) is 12.3. The molecule has 0 aromatic carbocycles. The Morgan fingerprint density at radius 3 is 3.00 bits per heavy atom. The van der Waals surface area contributed by atoms with Gasteiger partial charge in [-0.3, -0.25) is 4.79 Å². The van der Waals surface area contributed by atoms with Gasteiger partial charge in [0.15, 0.2) is 0 Å². The number of carbonyl (C=O) groups excluding carboxylic acids is 1. The summed E-state index contributed by atoms with van der Waals surface area (Å²) in [5.74, 6) is 0.927. The molecule has 0 fully saturated rings. The lowest BCUT2D eigenvalue weighted by molar-refractivity contribution is -0.120. The van der Waals surface area contributed by atoms with Gasteiger partial charge in [0.25, 0.3) is 0 Å². The SMILES string of the molecule is Cc1nc2c([nH]1)CC(C(=O)Nc1nnc(C)s1)CC2. The summed E-state index contributed by atoms with van der Waals surface area (Å²) in [5, 5.41) is 12.1. The lowest BCUT2D eigenvalue weighted by Gasteiger charge is -2.19. The number of H-pyrrole nitrogens is 1. The van der Waals surface area contributed by atoms with Crippen LogP contribution in [-0.4, -0.2) is 26.1 Å². The molecule has 0 aliphatic heterocycles. The fourth-order valence-electron chi connectivity index (χ4n) is 2.40. The number of rotatable bonds is 2. The predicted molar refractivity (Wildman–Crippen MR) is 72.1 cm³/mol. The van der Waals surface area contributed by atoms with Gasteiger partial charge in [-0.1, -0.05) is 11.3 Å². The monoisotopic (exact) mass is 277 g/mol. The van der Waals surface area contributed by atoms with Gasteiger partial charge in [0.1, 0.15) is 10.8 Å². The van der Waals surface area contributed by atoms with E-state index in [-0.39, 0.29) is 11.8 Å². The number of fused-ring (bicyclic) bond motifs is 1. The third kappa shape index (κ3) is 2.51. The van der Waals surface area contributed by atoms with E-state index in [0.717, 1.165) is 41.5 Å². The maximum atomic E-state index is 12.2. The maximum absolute atomic E-state index is 12.2. The average Bonchev–Trinajstić information content (AvgIpc) is 2.93. The molecule has 0 saturated carbocycles. The van der Waals surface area contributed by atoms with Crippen LogP contribution in [-0.2, 0) is 17.6 Å². The Morgan fingerprint density at radius 1 is 1.42 bits per heavy atom. The van der Waals surface area contributed by atoms with Crippen LogP contribution in [0.2, 0.25) is 0 Å². The van der Waals surface area contributed by atoms with Gasteiger partial charge in [-0.15, -0.1) is 10.2 Å². The lowest BCUT2D eigenvalue weighted by Crippen LogP contribution is -2.28. The smallest absolute Gasteiger partial charge is 0.229 e. The number of aromatic nitrogens is 4. The molecule has 1 amide bonds. The Labute approximate surface area is 114 Å². The molecule has 0 saturated heterocycles. The number of amides is 1. The van der Waals surface area contributed by atoms with Crippen LogP contribution < -0.4 is 5.32 Å². The zero-order chi connectivity index (χ0) is 13.4. The van der Waals surface area contributed by atoms with Crippen molar-refractivity contribution in [1.82, 2.24) is 20.2 Å². The Balaban J connectivity index is 1.69. The summed E-state index contributed by atoms with van der Waals surface area (Å²) in [6.45, 7) is 3.81. The molecule has 100 valence electrons. The van der Waals surface area contributed by atoms with Gasteiger partial charge in [-0.25, -0.2) is 4.98 Å². The lowest BCUT2D eigenvalue weighted by atomic mass is 9.89. The fourth-order valence-corrected chi connectivity index (χ4v) is 3.00. The molecule has 2 aromatic heterocycles. The highest BCUT2D eigenvalue weighted by molar-refractivity contribution is 7.15. The van der Waals surface area contributed by atoms with E-state index < -0.39 is 0 Å². The number of imidazole rings is 1. The van der Waals surface area contributed by atoms with Crippen molar-refractivity contribution in [2.24, 2.45) is 5.92 Å². The molecule has 0 radical (unpaired) electrons. The van der Waals surface area contributed by atoms with Crippen LogP contribution >= 0.6 is 11.3 Å². The van der Waals surface area contributed by atoms with Gasteiger partial charge >= 0.3 is 0 Å². The van der Waals surface area contributed by atoms with Crippen molar-refractivity contribution >= 4 is 22.4 Å². The number of nitrogens with zero attached hydrogens (tertiary/aromatic N) is 3. The van der Waals surface area contributed by atoms with Crippen molar-refractivity contribution in [3.05, 3.63) is 22.2 Å². The molecule has 3 rings (SSSR count). The summed E-state index contributed by atoms with van der Waals surface area (Å²) >= 11 is 1.40. The van der Waals surface area contributed by atoms with E-state index in [9.17, 15) is 4.79 Å². The van der Waals surface area contributed by atoms with Gasteiger partial charge < -0.3 is 10.3 Å². The molecule has 1 aliphatic rings. The van der Waals surface area contributed by atoms with Crippen molar-refractivity contribution in [3.63, 3.8) is 0 Å². The first-order valence-electron chi connectivity index (χ1n) is 6.27. The molecule has 19 heavy (non-hydrogen) atoms. The largest absolute Gasteiger partial charge is 0.346 e. The normalized spacial score (nSPS) is 18.1. The molecular formula is C12H15N5OS. The Kier molecular flexibility index (Phi) is 3.06. The Bertz CT molecular complexity index is 617. The Hall–Kier alpha value is -1.76.